The highest BCUT2D eigenvalue weighted by molar-refractivity contribution is 9.10. The predicted molar refractivity (Wildman–Crippen MR) is 79.5 cm³/mol. The van der Waals surface area contributed by atoms with Gasteiger partial charge in [-0.25, -0.2) is 0 Å². The summed E-state index contributed by atoms with van der Waals surface area (Å²) in [6.45, 7) is 4.58. The summed E-state index contributed by atoms with van der Waals surface area (Å²) in [7, 11) is 0. The maximum atomic E-state index is 3.57. The Labute approximate surface area is 117 Å². The Balaban J connectivity index is 1.59. The first-order chi connectivity index (χ1) is 8.25. The molecule has 1 aliphatic carbocycles. The van der Waals surface area contributed by atoms with Crippen molar-refractivity contribution in [3.63, 3.8) is 0 Å². The van der Waals surface area contributed by atoms with Crippen LogP contribution in [-0.2, 0) is 6.54 Å². The van der Waals surface area contributed by atoms with Gasteiger partial charge in [-0.15, -0.1) is 11.3 Å². The van der Waals surface area contributed by atoms with Gasteiger partial charge in [0.15, 0.2) is 0 Å². The Morgan fingerprint density at radius 2 is 2.12 bits per heavy atom. The quantitative estimate of drug-likeness (QED) is 0.768. The molecule has 96 valence electrons. The molecule has 1 fully saturated rings. The van der Waals surface area contributed by atoms with E-state index >= 15 is 0 Å². The van der Waals surface area contributed by atoms with E-state index in [9.17, 15) is 0 Å². The van der Waals surface area contributed by atoms with Crippen LogP contribution in [0.5, 0.6) is 0 Å². The van der Waals surface area contributed by atoms with Gasteiger partial charge in [-0.05, 0) is 52.2 Å². The third kappa shape index (κ3) is 4.38. The van der Waals surface area contributed by atoms with Gasteiger partial charge in [-0.1, -0.05) is 32.6 Å². The minimum atomic E-state index is 0.973. The van der Waals surface area contributed by atoms with Gasteiger partial charge in [-0.2, -0.15) is 0 Å². The number of nitrogens with one attached hydrogen (secondary N) is 1. The van der Waals surface area contributed by atoms with E-state index in [1.807, 2.05) is 11.3 Å². The van der Waals surface area contributed by atoms with E-state index in [2.05, 4.69) is 39.6 Å². The van der Waals surface area contributed by atoms with Crippen LogP contribution < -0.4 is 5.32 Å². The molecule has 1 saturated carbocycles. The lowest BCUT2D eigenvalue weighted by Crippen LogP contribution is -2.20. The van der Waals surface area contributed by atoms with Crippen LogP contribution in [0.1, 0.15) is 43.9 Å². The maximum Gasteiger partial charge on any atom is 0.0327 e. The maximum absolute atomic E-state index is 3.57. The van der Waals surface area contributed by atoms with Crippen LogP contribution in [-0.4, -0.2) is 6.54 Å². The van der Waals surface area contributed by atoms with Crippen molar-refractivity contribution in [2.75, 3.05) is 6.54 Å². The fourth-order valence-corrected chi connectivity index (χ4v) is 4.04. The Hall–Kier alpha value is 0.140. The molecule has 0 aromatic carbocycles. The molecule has 0 atom stereocenters. The standard InChI is InChI=1S/C14H22BrNS/c1-11-2-4-12(5-3-11)6-8-16-10-14-13(15)7-9-17-14/h7,9,11-12,16H,2-6,8,10H2,1H3. The molecule has 3 heteroatoms. The molecule has 0 bridgehead atoms. The lowest BCUT2D eigenvalue weighted by Gasteiger charge is -2.26. The summed E-state index contributed by atoms with van der Waals surface area (Å²) < 4.78 is 1.25. The van der Waals surface area contributed by atoms with Gasteiger partial charge in [0.05, 0.1) is 0 Å². The number of halogens is 1. The molecule has 0 amide bonds. The van der Waals surface area contributed by atoms with Crippen molar-refractivity contribution in [3.8, 4) is 0 Å². The minimum absolute atomic E-state index is 0.973. The van der Waals surface area contributed by atoms with Crippen LogP contribution in [0.2, 0.25) is 0 Å². The predicted octanol–water partition coefficient (Wildman–Crippen LogP) is 4.82. The molecule has 1 aromatic heterocycles. The van der Waals surface area contributed by atoms with E-state index in [1.54, 1.807) is 0 Å². The smallest absolute Gasteiger partial charge is 0.0327 e. The third-order valence-electron chi connectivity index (χ3n) is 3.84. The zero-order valence-electron chi connectivity index (χ0n) is 10.5. The first-order valence-electron chi connectivity index (χ1n) is 6.68. The Bertz CT molecular complexity index is 329. The summed E-state index contributed by atoms with van der Waals surface area (Å²) in [5.74, 6) is 1.95. The lowest BCUT2D eigenvalue weighted by molar-refractivity contribution is 0.275. The van der Waals surface area contributed by atoms with Crippen LogP contribution in [0, 0.1) is 11.8 Å². The highest BCUT2D eigenvalue weighted by atomic mass is 79.9. The largest absolute Gasteiger partial charge is 0.312 e. The van der Waals surface area contributed by atoms with Crippen molar-refractivity contribution < 1.29 is 0 Å². The summed E-state index contributed by atoms with van der Waals surface area (Å²) >= 11 is 5.40. The number of hydrogen-bond acceptors (Lipinski definition) is 2. The molecule has 1 N–H and O–H groups in total. The summed E-state index contributed by atoms with van der Waals surface area (Å²) in [5.41, 5.74) is 0. The molecule has 1 aliphatic rings. The second-order valence-electron chi connectivity index (χ2n) is 5.28. The highest BCUT2D eigenvalue weighted by Gasteiger charge is 2.17. The van der Waals surface area contributed by atoms with Gasteiger partial charge in [0.2, 0.25) is 0 Å². The number of hydrogen-bond donors (Lipinski definition) is 1. The molecule has 1 heterocycles. The molecule has 2 rings (SSSR count). The van der Waals surface area contributed by atoms with Gasteiger partial charge in [0, 0.05) is 15.9 Å². The van der Waals surface area contributed by atoms with E-state index < -0.39 is 0 Å². The molecule has 0 unspecified atom stereocenters. The second-order valence-corrected chi connectivity index (χ2v) is 7.14. The van der Waals surface area contributed by atoms with Gasteiger partial charge in [0.25, 0.3) is 0 Å². The van der Waals surface area contributed by atoms with Crippen molar-refractivity contribution in [3.05, 3.63) is 20.8 Å². The van der Waals surface area contributed by atoms with Crippen LogP contribution in [0.3, 0.4) is 0 Å². The van der Waals surface area contributed by atoms with Crippen molar-refractivity contribution in [1.82, 2.24) is 5.32 Å². The van der Waals surface area contributed by atoms with Crippen molar-refractivity contribution in [2.24, 2.45) is 11.8 Å². The topological polar surface area (TPSA) is 12.0 Å². The van der Waals surface area contributed by atoms with E-state index in [4.69, 9.17) is 0 Å². The zero-order chi connectivity index (χ0) is 12.1. The van der Waals surface area contributed by atoms with E-state index in [0.29, 0.717) is 0 Å². The Morgan fingerprint density at radius 3 is 2.76 bits per heavy atom. The fourth-order valence-electron chi connectivity index (χ4n) is 2.58. The Kier molecular flexibility index (Phi) is 5.51. The summed E-state index contributed by atoms with van der Waals surface area (Å²) in [4.78, 5) is 1.42. The molecule has 0 spiro atoms. The van der Waals surface area contributed by atoms with E-state index in [0.717, 1.165) is 18.4 Å². The van der Waals surface area contributed by atoms with Crippen molar-refractivity contribution >= 4 is 27.3 Å². The Morgan fingerprint density at radius 1 is 1.35 bits per heavy atom. The lowest BCUT2D eigenvalue weighted by atomic mass is 9.81. The van der Waals surface area contributed by atoms with Gasteiger partial charge < -0.3 is 5.32 Å². The van der Waals surface area contributed by atoms with Gasteiger partial charge in [0.1, 0.15) is 0 Å². The number of thiophene rings is 1. The molecule has 1 aromatic rings. The summed E-state index contributed by atoms with van der Waals surface area (Å²) in [5, 5.41) is 5.71. The fraction of sp³-hybridized carbons (Fsp3) is 0.714. The minimum Gasteiger partial charge on any atom is -0.312 e. The van der Waals surface area contributed by atoms with Crippen LogP contribution >= 0.6 is 27.3 Å². The van der Waals surface area contributed by atoms with Crippen LogP contribution in [0.4, 0.5) is 0 Å². The number of rotatable bonds is 5. The van der Waals surface area contributed by atoms with E-state index in [-0.39, 0.29) is 0 Å². The first kappa shape index (κ1) is 13.6. The van der Waals surface area contributed by atoms with Crippen LogP contribution in [0.15, 0.2) is 15.9 Å². The molecular formula is C14H22BrNS. The molecule has 0 aliphatic heterocycles. The average Bonchev–Trinajstić information content (AvgIpc) is 2.73. The average molecular weight is 316 g/mol. The van der Waals surface area contributed by atoms with Gasteiger partial charge in [-0.3, -0.25) is 0 Å². The highest BCUT2D eigenvalue weighted by Crippen LogP contribution is 2.30. The van der Waals surface area contributed by atoms with Crippen molar-refractivity contribution in [1.29, 1.82) is 0 Å². The molecule has 1 nitrogen and oxygen atoms in total. The zero-order valence-corrected chi connectivity index (χ0v) is 12.9. The molecule has 0 saturated heterocycles. The van der Waals surface area contributed by atoms with E-state index in [1.165, 1.54) is 48.0 Å². The molecule has 17 heavy (non-hydrogen) atoms. The van der Waals surface area contributed by atoms with Crippen LogP contribution in [0.25, 0.3) is 0 Å². The molecule has 0 radical (unpaired) electrons. The van der Waals surface area contributed by atoms with Crippen molar-refractivity contribution in [2.45, 2.75) is 45.6 Å². The normalized spacial score (nSPS) is 25.1. The monoisotopic (exact) mass is 315 g/mol. The molecular weight excluding hydrogens is 294 g/mol. The SMILES string of the molecule is CC1CCC(CCNCc2sccc2Br)CC1. The summed E-state index contributed by atoms with van der Waals surface area (Å²) in [6, 6.07) is 2.13. The third-order valence-corrected chi connectivity index (χ3v) is 5.77. The first-order valence-corrected chi connectivity index (χ1v) is 8.35. The summed E-state index contributed by atoms with van der Waals surface area (Å²) in [6.07, 6.45) is 7.15. The second kappa shape index (κ2) is 6.91. The van der Waals surface area contributed by atoms with Gasteiger partial charge >= 0.3 is 0 Å².